The van der Waals surface area contributed by atoms with Gasteiger partial charge in [0.15, 0.2) is 0 Å². The van der Waals surface area contributed by atoms with Gasteiger partial charge in [0.25, 0.3) is 5.91 Å². The van der Waals surface area contributed by atoms with Crippen molar-refractivity contribution >= 4 is 17.6 Å². The maximum Gasteiger partial charge on any atom is 0.319 e. The third-order valence-corrected chi connectivity index (χ3v) is 3.31. The zero-order valence-electron chi connectivity index (χ0n) is 11.3. The average Bonchev–Trinajstić information content (AvgIpc) is 2.99. The molecule has 21 heavy (non-hydrogen) atoms. The number of aromatic nitrogens is 2. The maximum absolute atomic E-state index is 12.1. The van der Waals surface area contributed by atoms with Gasteiger partial charge in [0, 0.05) is 30.5 Å². The number of urea groups is 1. The number of anilines is 1. The van der Waals surface area contributed by atoms with Gasteiger partial charge in [-0.25, -0.2) is 4.79 Å². The molecule has 0 radical (unpaired) electrons. The van der Waals surface area contributed by atoms with Gasteiger partial charge in [0.2, 0.25) is 0 Å². The first-order valence-electron chi connectivity index (χ1n) is 6.66. The molecule has 3 rings (SSSR count). The molecule has 0 atom stereocenters. The highest BCUT2D eigenvalue weighted by molar-refractivity contribution is 5.98. The summed E-state index contributed by atoms with van der Waals surface area (Å²) in [6.07, 6.45) is 4.25. The van der Waals surface area contributed by atoms with Gasteiger partial charge in [-0.15, -0.1) is 0 Å². The molecule has 0 fully saturated rings. The van der Waals surface area contributed by atoms with Crippen molar-refractivity contribution in [2.24, 2.45) is 0 Å². The highest BCUT2D eigenvalue weighted by Gasteiger charge is 2.15. The van der Waals surface area contributed by atoms with Crippen LogP contribution in [0, 0.1) is 0 Å². The molecule has 0 spiro atoms. The zero-order chi connectivity index (χ0) is 14.7. The number of amides is 3. The summed E-state index contributed by atoms with van der Waals surface area (Å²) in [4.78, 5) is 23.4. The van der Waals surface area contributed by atoms with E-state index in [1.54, 1.807) is 24.5 Å². The van der Waals surface area contributed by atoms with Crippen LogP contribution < -0.4 is 16.0 Å². The first-order chi connectivity index (χ1) is 10.2. The summed E-state index contributed by atoms with van der Waals surface area (Å²) in [5.41, 5.74) is 3.22. The molecule has 1 aliphatic rings. The van der Waals surface area contributed by atoms with Crippen molar-refractivity contribution in [1.82, 2.24) is 20.8 Å². The summed E-state index contributed by atoms with van der Waals surface area (Å²) in [5.74, 6) is -0.158. The van der Waals surface area contributed by atoms with E-state index in [1.807, 2.05) is 6.07 Å². The molecule has 1 aliphatic heterocycles. The summed E-state index contributed by atoms with van der Waals surface area (Å²) in [7, 11) is 0. The van der Waals surface area contributed by atoms with Crippen LogP contribution in [-0.2, 0) is 13.0 Å². The van der Waals surface area contributed by atoms with Crippen LogP contribution in [0.1, 0.15) is 21.5 Å². The first kappa shape index (κ1) is 13.2. The van der Waals surface area contributed by atoms with Gasteiger partial charge in [-0.2, -0.15) is 5.10 Å². The number of benzene rings is 1. The lowest BCUT2D eigenvalue weighted by Gasteiger charge is -2.18. The standard InChI is InChI=1S/C14H15N5O2/c20-13(15-4-3-9-6-17-18-7-9)10-1-2-11-8-16-14(21)19-12(11)5-10/h1-2,5-7H,3-4,8H2,(H,15,20)(H,17,18)(H2,16,19,21). The summed E-state index contributed by atoms with van der Waals surface area (Å²) in [5, 5.41) is 14.8. The van der Waals surface area contributed by atoms with Crippen molar-refractivity contribution in [1.29, 1.82) is 0 Å². The second-order valence-electron chi connectivity index (χ2n) is 4.79. The molecule has 7 nitrogen and oxygen atoms in total. The largest absolute Gasteiger partial charge is 0.352 e. The predicted molar refractivity (Wildman–Crippen MR) is 76.9 cm³/mol. The van der Waals surface area contributed by atoms with Crippen molar-refractivity contribution < 1.29 is 9.59 Å². The van der Waals surface area contributed by atoms with Gasteiger partial charge in [-0.05, 0) is 29.7 Å². The van der Waals surface area contributed by atoms with Gasteiger partial charge in [-0.3, -0.25) is 9.89 Å². The van der Waals surface area contributed by atoms with Crippen LogP contribution in [-0.4, -0.2) is 28.7 Å². The fourth-order valence-corrected chi connectivity index (χ4v) is 2.17. The Morgan fingerprint density at radius 1 is 1.38 bits per heavy atom. The monoisotopic (exact) mass is 285 g/mol. The second-order valence-corrected chi connectivity index (χ2v) is 4.79. The number of H-pyrrole nitrogens is 1. The molecule has 0 aliphatic carbocycles. The van der Waals surface area contributed by atoms with E-state index in [9.17, 15) is 9.59 Å². The molecular weight excluding hydrogens is 270 g/mol. The minimum Gasteiger partial charge on any atom is -0.352 e. The molecular formula is C14H15N5O2. The van der Waals surface area contributed by atoms with E-state index in [2.05, 4.69) is 26.1 Å². The maximum atomic E-state index is 12.1. The highest BCUT2D eigenvalue weighted by Crippen LogP contribution is 2.20. The predicted octanol–water partition coefficient (Wildman–Crippen LogP) is 1.02. The Morgan fingerprint density at radius 2 is 2.29 bits per heavy atom. The van der Waals surface area contributed by atoms with Crippen LogP contribution in [0.5, 0.6) is 0 Å². The van der Waals surface area contributed by atoms with E-state index in [1.165, 1.54) is 0 Å². The highest BCUT2D eigenvalue weighted by atomic mass is 16.2. The molecule has 7 heteroatoms. The Labute approximate surface area is 121 Å². The topological polar surface area (TPSA) is 98.9 Å². The first-order valence-corrected chi connectivity index (χ1v) is 6.66. The third kappa shape index (κ3) is 3.02. The van der Waals surface area contributed by atoms with Crippen molar-refractivity contribution in [2.45, 2.75) is 13.0 Å². The van der Waals surface area contributed by atoms with Crippen molar-refractivity contribution in [3.63, 3.8) is 0 Å². The molecule has 2 aromatic rings. The lowest BCUT2D eigenvalue weighted by Crippen LogP contribution is -2.33. The number of hydrogen-bond donors (Lipinski definition) is 4. The normalized spacial score (nSPS) is 13.0. The molecule has 3 amide bonds. The van der Waals surface area contributed by atoms with E-state index in [0.29, 0.717) is 30.8 Å². The number of rotatable bonds is 4. The molecule has 2 heterocycles. The Kier molecular flexibility index (Phi) is 3.55. The van der Waals surface area contributed by atoms with Crippen LogP contribution in [0.4, 0.5) is 10.5 Å². The lowest BCUT2D eigenvalue weighted by atomic mass is 10.1. The van der Waals surface area contributed by atoms with E-state index in [4.69, 9.17) is 0 Å². The van der Waals surface area contributed by atoms with Gasteiger partial charge in [0.05, 0.1) is 6.20 Å². The lowest BCUT2D eigenvalue weighted by molar-refractivity contribution is 0.0954. The zero-order valence-corrected chi connectivity index (χ0v) is 11.3. The molecule has 1 aromatic carbocycles. The Hall–Kier alpha value is -2.83. The fourth-order valence-electron chi connectivity index (χ4n) is 2.17. The van der Waals surface area contributed by atoms with Crippen molar-refractivity contribution in [3.8, 4) is 0 Å². The SMILES string of the molecule is O=C1NCc2ccc(C(=O)NCCc3cn[nH]c3)cc2N1. The number of hydrogen-bond acceptors (Lipinski definition) is 3. The van der Waals surface area contributed by atoms with Crippen molar-refractivity contribution in [3.05, 3.63) is 47.3 Å². The van der Waals surface area contributed by atoms with Crippen LogP contribution in [0.15, 0.2) is 30.6 Å². The van der Waals surface area contributed by atoms with Crippen LogP contribution >= 0.6 is 0 Å². The number of aromatic amines is 1. The average molecular weight is 285 g/mol. The second kappa shape index (κ2) is 5.66. The van der Waals surface area contributed by atoms with E-state index < -0.39 is 0 Å². The van der Waals surface area contributed by atoms with Gasteiger partial charge in [0.1, 0.15) is 0 Å². The Balaban J connectivity index is 1.62. The van der Waals surface area contributed by atoms with Crippen LogP contribution in [0.3, 0.4) is 0 Å². The van der Waals surface area contributed by atoms with Crippen molar-refractivity contribution in [2.75, 3.05) is 11.9 Å². The summed E-state index contributed by atoms with van der Waals surface area (Å²) in [6, 6.07) is 5.04. The Bertz CT molecular complexity index is 666. The summed E-state index contributed by atoms with van der Waals surface area (Å²) < 4.78 is 0. The van der Waals surface area contributed by atoms with Crippen LogP contribution in [0.25, 0.3) is 0 Å². The fraction of sp³-hybridized carbons (Fsp3) is 0.214. The molecule has 4 N–H and O–H groups in total. The Morgan fingerprint density at radius 3 is 3.10 bits per heavy atom. The molecule has 0 unspecified atom stereocenters. The van der Waals surface area contributed by atoms with Gasteiger partial charge in [-0.1, -0.05) is 6.07 Å². The van der Waals surface area contributed by atoms with E-state index >= 15 is 0 Å². The number of nitrogens with zero attached hydrogens (tertiary/aromatic N) is 1. The van der Waals surface area contributed by atoms with E-state index in [0.717, 1.165) is 11.1 Å². The smallest absolute Gasteiger partial charge is 0.319 e. The quantitative estimate of drug-likeness (QED) is 0.675. The molecule has 108 valence electrons. The third-order valence-electron chi connectivity index (χ3n) is 3.31. The minimum absolute atomic E-state index is 0.158. The number of carbonyl (C=O) groups is 2. The number of fused-ring (bicyclic) bond motifs is 1. The van der Waals surface area contributed by atoms with E-state index in [-0.39, 0.29) is 11.9 Å². The summed E-state index contributed by atoms with van der Waals surface area (Å²) in [6.45, 7) is 1.01. The van der Waals surface area contributed by atoms with Crippen LogP contribution in [0.2, 0.25) is 0 Å². The number of carbonyl (C=O) groups excluding carboxylic acids is 2. The van der Waals surface area contributed by atoms with Gasteiger partial charge >= 0.3 is 6.03 Å². The molecule has 0 bridgehead atoms. The minimum atomic E-state index is -0.250. The molecule has 0 saturated heterocycles. The molecule has 1 aromatic heterocycles. The number of nitrogens with one attached hydrogen (secondary N) is 4. The molecule has 0 saturated carbocycles. The van der Waals surface area contributed by atoms with Gasteiger partial charge < -0.3 is 16.0 Å². The summed E-state index contributed by atoms with van der Waals surface area (Å²) >= 11 is 0.